The Labute approximate surface area is 125 Å². The molecule has 1 aliphatic carbocycles. The first kappa shape index (κ1) is 12.7. The molecule has 0 spiro atoms. The summed E-state index contributed by atoms with van der Waals surface area (Å²) in [5.74, 6) is 0. The molecule has 0 radical (unpaired) electrons. The molecular weight excluding hydrogens is 254 g/mol. The summed E-state index contributed by atoms with van der Waals surface area (Å²) < 4.78 is 2.49. The Balaban J connectivity index is 2.17. The third-order valence-electron chi connectivity index (χ3n) is 4.78. The quantitative estimate of drug-likeness (QED) is 0.577. The lowest BCUT2D eigenvalue weighted by atomic mass is 9.85. The van der Waals surface area contributed by atoms with Crippen molar-refractivity contribution in [2.75, 3.05) is 0 Å². The number of hydrogen-bond acceptors (Lipinski definition) is 0. The van der Waals surface area contributed by atoms with Crippen molar-refractivity contribution in [1.82, 2.24) is 4.57 Å². The van der Waals surface area contributed by atoms with Gasteiger partial charge in [-0.05, 0) is 54.5 Å². The lowest BCUT2D eigenvalue weighted by Gasteiger charge is -2.19. The van der Waals surface area contributed by atoms with Gasteiger partial charge in [-0.2, -0.15) is 0 Å². The fourth-order valence-electron chi connectivity index (χ4n) is 3.88. The number of nitrogens with zero attached hydrogens (tertiary/aromatic N) is 1. The van der Waals surface area contributed by atoms with E-state index in [0.29, 0.717) is 0 Å². The van der Waals surface area contributed by atoms with Crippen LogP contribution in [0.5, 0.6) is 0 Å². The Morgan fingerprint density at radius 3 is 2.76 bits per heavy atom. The summed E-state index contributed by atoms with van der Waals surface area (Å²) >= 11 is 0. The van der Waals surface area contributed by atoms with Crippen molar-refractivity contribution in [2.24, 2.45) is 0 Å². The molecule has 106 valence electrons. The van der Waals surface area contributed by atoms with Crippen molar-refractivity contribution in [3.05, 3.63) is 54.1 Å². The summed E-state index contributed by atoms with van der Waals surface area (Å²) in [7, 11) is 0. The summed E-state index contributed by atoms with van der Waals surface area (Å²) in [4.78, 5) is 0. The number of hydrogen-bond donors (Lipinski definition) is 0. The zero-order valence-electron chi connectivity index (χ0n) is 12.7. The molecule has 4 rings (SSSR count). The van der Waals surface area contributed by atoms with Crippen molar-refractivity contribution in [3.63, 3.8) is 0 Å². The summed E-state index contributed by atoms with van der Waals surface area (Å²) in [6.07, 6.45) is 4.73. The van der Waals surface area contributed by atoms with Crippen LogP contribution in [-0.2, 0) is 13.0 Å². The average Bonchev–Trinajstić information content (AvgIpc) is 2.83. The van der Waals surface area contributed by atoms with Gasteiger partial charge in [0.05, 0.1) is 0 Å². The van der Waals surface area contributed by atoms with Crippen LogP contribution in [-0.4, -0.2) is 4.57 Å². The molecule has 1 heteroatoms. The van der Waals surface area contributed by atoms with Gasteiger partial charge in [0, 0.05) is 28.4 Å². The van der Waals surface area contributed by atoms with E-state index in [1.54, 1.807) is 0 Å². The first-order valence-corrected chi connectivity index (χ1v) is 8.02. The van der Waals surface area contributed by atoms with E-state index >= 15 is 0 Å². The first-order chi connectivity index (χ1) is 10.3. The maximum absolute atomic E-state index is 4.28. The molecule has 0 atom stereocenters. The molecule has 0 aliphatic heterocycles. The number of aromatic nitrogens is 1. The van der Waals surface area contributed by atoms with Crippen LogP contribution in [0.25, 0.3) is 27.4 Å². The van der Waals surface area contributed by atoms with Crippen LogP contribution < -0.4 is 0 Å². The van der Waals surface area contributed by atoms with Gasteiger partial charge in [0.25, 0.3) is 0 Å². The predicted octanol–water partition coefficient (Wildman–Crippen LogP) is 5.55. The van der Waals surface area contributed by atoms with Gasteiger partial charge in [-0.1, -0.05) is 37.8 Å². The third-order valence-corrected chi connectivity index (χ3v) is 4.78. The SMILES string of the molecule is C=C1CCCc2c1ccc1c2c2ccccc2n1CCC. The van der Waals surface area contributed by atoms with Gasteiger partial charge in [-0.25, -0.2) is 0 Å². The Kier molecular flexibility index (Phi) is 2.88. The second kappa shape index (κ2) is 4.77. The summed E-state index contributed by atoms with van der Waals surface area (Å²) in [5.41, 5.74) is 7.00. The molecule has 1 nitrogen and oxygen atoms in total. The third kappa shape index (κ3) is 1.77. The normalized spacial score (nSPS) is 14.8. The molecule has 0 amide bonds. The van der Waals surface area contributed by atoms with Gasteiger partial charge < -0.3 is 4.57 Å². The molecule has 0 saturated carbocycles. The summed E-state index contributed by atoms with van der Waals surface area (Å²) in [5, 5.41) is 2.88. The highest BCUT2D eigenvalue weighted by Crippen LogP contribution is 2.39. The highest BCUT2D eigenvalue weighted by atomic mass is 15.0. The van der Waals surface area contributed by atoms with Crippen LogP contribution in [0.1, 0.15) is 37.3 Å². The Hall–Kier alpha value is -2.02. The van der Waals surface area contributed by atoms with Crippen LogP contribution in [0.15, 0.2) is 43.0 Å². The zero-order valence-corrected chi connectivity index (χ0v) is 12.7. The lowest BCUT2D eigenvalue weighted by molar-refractivity contribution is 0.723. The predicted molar refractivity (Wildman–Crippen MR) is 91.7 cm³/mol. The fraction of sp³-hybridized carbons (Fsp3) is 0.300. The van der Waals surface area contributed by atoms with E-state index in [9.17, 15) is 0 Å². The molecule has 21 heavy (non-hydrogen) atoms. The molecule has 1 aliphatic rings. The van der Waals surface area contributed by atoms with E-state index in [1.807, 2.05) is 0 Å². The Morgan fingerprint density at radius 1 is 1.05 bits per heavy atom. The van der Waals surface area contributed by atoms with Crippen molar-refractivity contribution >= 4 is 27.4 Å². The molecule has 1 aromatic heterocycles. The van der Waals surface area contributed by atoms with E-state index in [1.165, 1.54) is 51.3 Å². The minimum Gasteiger partial charge on any atom is -0.340 e. The number of benzene rings is 2. The molecule has 3 aromatic rings. The molecule has 0 saturated heterocycles. The molecule has 1 heterocycles. The summed E-state index contributed by atoms with van der Waals surface area (Å²) in [6.45, 7) is 7.62. The minimum atomic E-state index is 1.09. The molecular formula is C20H21N. The van der Waals surface area contributed by atoms with Gasteiger partial charge in [-0.15, -0.1) is 0 Å². The number of allylic oxidation sites excluding steroid dienone is 1. The second-order valence-corrected chi connectivity index (χ2v) is 6.11. The Bertz CT molecular complexity index is 851. The van der Waals surface area contributed by atoms with E-state index in [0.717, 1.165) is 19.4 Å². The highest BCUT2D eigenvalue weighted by molar-refractivity contribution is 6.11. The molecule has 0 bridgehead atoms. The van der Waals surface area contributed by atoms with Crippen molar-refractivity contribution in [2.45, 2.75) is 39.2 Å². The van der Waals surface area contributed by atoms with Crippen molar-refractivity contribution in [3.8, 4) is 0 Å². The molecule has 0 unspecified atom stereocenters. The van der Waals surface area contributed by atoms with E-state index < -0.39 is 0 Å². The molecule has 0 N–H and O–H groups in total. The second-order valence-electron chi connectivity index (χ2n) is 6.11. The van der Waals surface area contributed by atoms with E-state index in [-0.39, 0.29) is 0 Å². The minimum absolute atomic E-state index is 1.09. The van der Waals surface area contributed by atoms with Gasteiger partial charge in [0.1, 0.15) is 0 Å². The highest BCUT2D eigenvalue weighted by Gasteiger charge is 2.19. The van der Waals surface area contributed by atoms with E-state index in [2.05, 4.69) is 54.5 Å². The van der Waals surface area contributed by atoms with Gasteiger partial charge >= 0.3 is 0 Å². The number of para-hydroxylation sites is 1. The van der Waals surface area contributed by atoms with Gasteiger partial charge in [0.15, 0.2) is 0 Å². The van der Waals surface area contributed by atoms with Crippen LogP contribution in [0.3, 0.4) is 0 Å². The first-order valence-electron chi connectivity index (χ1n) is 8.02. The van der Waals surface area contributed by atoms with Crippen LogP contribution >= 0.6 is 0 Å². The van der Waals surface area contributed by atoms with Crippen LogP contribution in [0.4, 0.5) is 0 Å². The van der Waals surface area contributed by atoms with Crippen LogP contribution in [0.2, 0.25) is 0 Å². The Morgan fingerprint density at radius 2 is 1.90 bits per heavy atom. The average molecular weight is 275 g/mol. The number of rotatable bonds is 2. The van der Waals surface area contributed by atoms with Gasteiger partial charge in [-0.3, -0.25) is 0 Å². The fourth-order valence-corrected chi connectivity index (χ4v) is 3.88. The topological polar surface area (TPSA) is 4.93 Å². The largest absolute Gasteiger partial charge is 0.340 e. The summed E-state index contributed by atoms with van der Waals surface area (Å²) in [6, 6.07) is 13.5. The molecule has 0 fully saturated rings. The maximum Gasteiger partial charge on any atom is 0.0494 e. The smallest absolute Gasteiger partial charge is 0.0494 e. The van der Waals surface area contributed by atoms with E-state index in [4.69, 9.17) is 0 Å². The van der Waals surface area contributed by atoms with Crippen LogP contribution in [0, 0.1) is 0 Å². The maximum atomic E-state index is 4.28. The standard InChI is InChI=1S/C20H21N/c1-3-13-21-18-10-5-4-8-17(18)20-16-9-6-7-14(2)15(16)11-12-19(20)21/h4-5,8,10-12H,2-3,6-7,9,13H2,1H3. The lowest BCUT2D eigenvalue weighted by Crippen LogP contribution is -2.02. The van der Waals surface area contributed by atoms with Crippen molar-refractivity contribution in [1.29, 1.82) is 0 Å². The number of aryl methyl sites for hydroxylation is 2. The van der Waals surface area contributed by atoms with Crippen molar-refractivity contribution < 1.29 is 0 Å². The molecule has 2 aromatic carbocycles. The number of fused-ring (bicyclic) bond motifs is 5. The monoisotopic (exact) mass is 275 g/mol. The zero-order chi connectivity index (χ0) is 14.4. The van der Waals surface area contributed by atoms with Gasteiger partial charge in [0.2, 0.25) is 0 Å².